The van der Waals surface area contributed by atoms with Crippen LogP contribution in [0.5, 0.6) is 0 Å². The molecule has 0 unspecified atom stereocenters. The lowest BCUT2D eigenvalue weighted by molar-refractivity contribution is -0.156. The summed E-state index contributed by atoms with van der Waals surface area (Å²) in [4.78, 5) is 41.4. The van der Waals surface area contributed by atoms with Crippen molar-refractivity contribution in [2.75, 3.05) is 7.11 Å². The minimum Gasteiger partial charge on any atom is -0.460 e. The topological polar surface area (TPSA) is 149 Å². The summed E-state index contributed by atoms with van der Waals surface area (Å²) in [5.74, 6) is -0.475. The van der Waals surface area contributed by atoms with Crippen molar-refractivity contribution in [2.45, 2.75) is 117 Å². The molecule has 0 saturated carbocycles. The van der Waals surface area contributed by atoms with E-state index in [1.54, 1.807) is 13.0 Å². The number of rotatable bonds is 20. The van der Waals surface area contributed by atoms with Crippen LogP contribution in [0.2, 0.25) is 10.1 Å². The van der Waals surface area contributed by atoms with Gasteiger partial charge in [0.1, 0.15) is 42.8 Å². The third-order valence-electron chi connectivity index (χ3n) is 12.5. The first kappa shape index (κ1) is 52.5. The van der Waals surface area contributed by atoms with Crippen LogP contribution in [0.1, 0.15) is 99.8 Å². The molecule has 0 aliphatic carbocycles. The van der Waals surface area contributed by atoms with E-state index in [0.717, 1.165) is 20.7 Å². The van der Waals surface area contributed by atoms with E-state index in [1.807, 2.05) is 93.6 Å². The first-order valence-corrected chi connectivity index (χ1v) is 27.9. The Balaban J connectivity index is 1.06. The summed E-state index contributed by atoms with van der Waals surface area (Å²) < 4.78 is 43.7. The van der Waals surface area contributed by atoms with Gasteiger partial charge in [-0.15, -0.1) is 0 Å². The van der Waals surface area contributed by atoms with Crippen LogP contribution >= 0.6 is 0 Å². The van der Waals surface area contributed by atoms with Gasteiger partial charge >= 0.3 is 5.97 Å². The van der Waals surface area contributed by atoms with Crippen LogP contribution in [-0.4, -0.2) is 62.2 Å². The lowest BCUT2D eigenvalue weighted by Crippen LogP contribution is -2.67. The maximum Gasteiger partial charge on any atom is 0.308 e. The van der Waals surface area contributed by atoms with Gasteiger partial charge in [0.25, 0.3) is 16.6 Å². The molecule has 0 aliphatic rings. The van der Waals surface area contributed by atoms with Crippen molar-refractivity contribution in [2.24, 2.45) is 5.92 Å². The zero-order valence-electron chi connectivity index (χ0n) is 42.8. The second-order valence-electron chi connectivity index (χ2n) is 20.9. The van der Waals surface area contributed by atoms with Crippen LogP contribution in [0.25, 0.3) is 23.2 Å². The Labute approximate surface area is 420 Å². The molecule has 3 heterocycles. The summed E-state index contributed by atoms with van der Waals surface area (Å²) in [5, 5.41) is 3.90. The molecule has 0 radical (unpaired) electrons. The average molecular weight is 994 g/mol. The van der Waals surface area contributed by atoms with E-state index < -0.39 is 40.4 Å². The number of nitrogens with zero attached hydrogens (tertiary/aromatic N) is 3. The van der Waals surface area contributed by atoms with Crippen LogP contribution in [-0.2, 0) is 34.5 Å². The number of carbonyl (C=O) groups excluding carboxylic acids is 2. The number of ketones is 1. The van der Waals surface area contributed by atoms with Crippen LogP contribution < -0.4 is 20.7 Å². The largest absolute Gasteiger partial charge is 0.460 e. The van der Waals surface area contributed by atoms with Crippen molar-refractivity contribution in [3.8, 4) is 23.2 Å². The average Bonchev–Trinajstić information content (AvgIpc) is 4.13. The molecule has 7 aromatic rings. The number of ether oxygens (including phenoxy) is 2. The molecule has 0 amide bonds. The number of hydrogen-bond acceptors (Lipinski definition) is 12. The first-order chi connectivity index (χ1) is 33.8. The molecule has 14 heteroatoms. The molecule has 0 N–H and O–H groups in total. The second kappa shape index (κ2) is 22.0. The van der Waals surface area contributed by atoms with Gasteiger partial charge in [0, 0.05) is 7.11 Å². The van der Waals surface area contributed by atoms with Gasteiger partial charge in [-0.25, -0.2) is 15.0 Å². The zero-order valence-corrected chi connectivity index (χ0v) is 44.8. The molecule has 4 aromatic carbocycles. The minimum atomic E-state index is -3.07. The molecule has 3 aromatic heterocycles. The second-order valence-corrected chi connectivity index (χ2v) is 29.4. The summed E-state index contributed by atoms with van der Waals surface area (Å²) >= 11 is 0. The molecule has 3 atom stereocenters. The highest BCUT2D eigenvalue weighted by atomic mass is 28.4. The quantitative estimate of drug-likeness (QED) is 0.0406. The summed E-state index contributed by atoms with van der Waals surface area (Å²) in [5.41, 5.74) is 0.431. The van der Waals surface area contributed by atoms with Crippen molar-refractivity contribution in [1.82, 2.24) is 15.0 Å². The van der Waals surface area contributed by atoms with E-state index in [4.69, 9.17) is 36.6 Å². The predicted octanol–water partition coefficient (Wildman–Crippen LogP) is 10.6. The van der Waals surface area contributed by atoms with E-state index in [0.29, 0.717) is 23.0 Å². The highest BCUT2D eigenvalue weighted by Crippen LogP contribution is 2.40. The maximum atomic E-state index is 13.9. The Morgan fingerprint density at radius 3 is 1.58 bits per heavy atom. The van der Waals surface area contributed by atoms with Gasteiger partial charge < -0.3 is 31.6 Å². The number of carbonyl (C=O) groups is 2. The number of hydrogen-bond donors (Lipinski definition) is 0. The predicted molar refractivity (Wildman–Crippen MR) is 281 cm³/mol. The fraction of sp³-hybridized carbons (Fsp3) is 0.351. The lowest BCUT2D eigenvalue weighted by atomic mass is 9.96. The van der Waals surface area contributed by atoms with Crippen molar-refractivity contribution in [1.29, 1.82) is 0 Å². The van der Waals surface area contributed by atoms with Gasteiger partial charge in [0.2, 0.25) is 17.7 Å². The van der Waals surface area contributed by atoms with E-state index in [-0.39, 0.29) is 53.1 Å². The number of benzene rings is 4. The first-order valence-electron chi connectivity index (χ1n) is 24.1. The summed E-state index contributed by atoms with van der Waals surface area (Å²) in [7, 11) is -4.39. The molecule has 0 bridgehead atoms. The summed E-state index contributed by atoms with van der Waals surface area (Å²) in [6, 6.07) is 41.3. The number of oxazole rings is 3. The smallest absolute Gasteiger partial charge is 0.308 e. The van der Waals surface area contributed by atoms with E-state index in [2.05, 4.69) is 100 Å². The van der Waals surface area contributed by atoms with Crippen LogP contribution in [0, 0.1) is 5.92 Å². The van der Waals surface area contributed by atoms with Crippen LogP contribution in [0.3, 0.4) is 0 Å². The number of allylic oxidation sites excluding steroid dienone is 1. The molecule has 71 heavy (non-hydrogen) atoms. The van der Waals surface area contributed by atoms with Gasteiger partial charge in [-0.2, -0.15) is 0 Å². The molecule has 0 spiro atoms. The third kappa shape index (κ3) is 11.9. The highest BCUT2D eigenvalue weighted by Gasteiger charge is 2.52. The monoisotopic (exact) mass is 993 g/mol. The molecule has 0 aliphatic heterocycles. The standard InChI is InChI=1S/C57H67N3O9Si2/c1-40(49(61)34-24-25-41(35-51(62)68-55(2,3)4)69-71(57(8,9)10,44-30-20-14-21-31-44)45-32-22-15-23-33-45)52(63-11)46-36-65-54(59-46)48-38-66-53(60-48)47-37-64-50(58-47)39-67-70(56(5,6)7,42-26-16-12-17-27-42)43-28-18-13-19-29-43/h12-24,26-34,36-38,40-41,52H,25,35,39H2,1-11H3/b34-24+/t40-,41-,52-/m0/s1. The van der Waals surface area contributed by atoms with Gasteiger partial charge in [0.15, 0.2) is 17.2 Å². The number of aromatic nitrogens is 3. The Hall–Kier alpha value is -6.30. The van der Waals surface area contributed by atoms with Gasteiger partial charge in [-0.05, 0) is 64.1 Å². The summed E-state index contributed by atoms with van der Waals surface area (Å²) in [6.07, 6.45) is 6.60. The highest BCUT2D eigenvalue weighted by molar-refractivity contribution is 7.00. The zero-order chi connectivity index (χ0) is 51.0. The van der Waals surface area contributed by atoms with E-state index >= 15 is 0 Å². The maximum absolute atomic E-state index is 13.9. The van der Waals surface area contributed by atoms with Gasteiger partial charge in [-0.3, -0.25) is 9.59 Å². The Kier molecular flexibility index (Phi) is 16.3. The van der Waals surface area contributed by atoms with Crippen molar-refractivity contribution in [3.05, 3.63) is 164 Å². The fourth-order valence-electron chi connectivity index (χ4n) is 9.33. The number of methoxy groups -OCH3 is 1. The van der Waals surface area contributed by atoms with Crippen molar-refractivity contribution >= 4 is 49.1 Å². The third-order valence-corrected chi connectivity index (χ3v) is 22.6. The van der Waals surface area contributed by atoms with E-state index in [9.17, 15) is 9.59 Å². The Bertz CT molecular complexity index is 2760. The van der Waals surface area contributed by atoms with Gasteiger partial charge in [-0.1, -0.05) is 176 Å². The molecule has 7 rings (SSSR count). The fourth-order valence-corrected chi connectivity index (χ4v) is 18.5. The number of esters is 1. The molecule has 0 fully saturated rings. The Morgan fingerprint density at radius 1 is 0.620 bits per heavy atom. The normalized spacial score (nSPS) is 14.1. The van der Waals surface area contributed by atoms with Crippen LogP contribution in [0.15, 0.2) is 166 Å². The molecular weight excluding hydrogens is 927 g/mol. The molecule has 372 valence electrons. The molecule has 12 nitrogen and oxygen atoms in total. The minimum absolute atomic E-state index is 0.00273. The van der Waals surface area contributed by atoms with Crippen molar-refractivity contribution < 1.29 is 41.2 Å². The van der Waals surface area contributed by atoms with Crippen LogP contribution in [0.4, 0.5) is 0 Å². The SMILES string of the molecule is CO[C@H](c1coc(-c2coc(-c3coc(CO[Si](c4ccccc4)(c4ccccc4)C(C)(C)C)n3)n2)n1)[C@@H](C)C(=O)/C=C/C[C@@H](CC(=O)OC(C)(C)C)O[Si](c1ccccc1)(c1ccccc1)C(C)(C)C. The lowest BCUT2D eigenvalue weighted by Gasteiger charge is -2.45. The van der Waals surface area contributed by atoms with E-state index in [1.165, 1.54) is 32.0 Å². The van der Waals surface area contributed by atoms with Crippen molar-refractivity contribution in [3.63, 3.8) is 0 Å². The molecule has 0 saturated heterocycles. The van der Waals surface area contributed by atoms with Gasteiger partial charge in [0.05, 0.1) is 18.4 Å². The Morgan fingerprint density at radius 2 is 1.08 bits per heavy atom. The summed E-state index contributed by atoms with van der Waals surface area (Å²) in [6.45, 7) is 20.7. The molecular formula is C57H67N3O9Si2.